The molecule has 2 N–H and O–H groups in total. The molecule has 1 aromatic carbocycles. The summed E-state index contributed by atoms with van der Waals surface area (Å²) in [4.78, 5) is 4.40. The minimum atomic E-state index is -3.69. The van der Waals surface area contributed by atoms with E-state index in [1.54, 1.807) is 7.11 Å². The van der Waals surface area contributed by atoms with Crippen molar-refractivity contribution in [3.05, 3.63) is 30.2 Å². The predicted octanol–water partition coefficient (Wildman–Crippen LogP) is 1.13. The van der Waals surface area contributed by atoms with Gasteiger partial charge in [0.2, 0.25) is 11.7 Å². The van der Waals surface area contributed by atoms with E-state index in [-0.39, 0.29) is 12.5 Å². The molecule has 2 heterocycles. The Morgan fingerprint density at radius 1 is 1.35 bits per heavy atom. The Bertz CT molecular complexity index is 772. The number of ether oxygens (including phenoxy) is 1. The molecule has 8 nitrogen and oxygen atoms in total. The molecule has 0 amide bonds. The average Bonchev–Trinajstić information content (AvgIpc) is 3.04. The second kappa shape index (κ2) is 6.26. The van der Waals surface area contributed by atoms with Crippen molar-refractivity contribution in [3.8, 4) is 17.1 Å². The van der Waals surface area contributed by atoms with E-state index in [0.29, 0.717) is 24.7 Å². The van der Waals surface area contributed by atoms with Crippen LogP contribution in [0.15, 0.2) is 28.8 Å². The quantitative estimate of drug-likeness (QED) is 0.894. The fraction of sp³-hybridized carbons (Fsp3) is 0.429. The second-order valence-electron chi connectivity index (χ2n) is 5.43. The molecule has 0 radical (unpaired) electrons. The molecule has 3 rings (SSSR count). The first-order chi connectivity index (χ1) is 11.0. The van der Waals surface area contributed by atoms with Gasteiger partial charge in [0.25, 0.3) is 10.2 Å². The van der Waals surface area contributed by atoms with Crippen molar-refractivity contribution in [2.24, 2.45) is 5.14 Å². The van der Waals surface area contributed by atoms with E-state index in [4.69, 9.17) is 14.4 Å². The second-order valence-corrected chi connectivity index (χ2v) is 6.97. The topological polar surface area (TPSA) is 112 Å². The van der Waals surface area contributed by atoms with Crippen molar-refractivity contribution >= 4 is 10.2 Å². The van der Waals surface area contributed by atoms with Crippen LogP contribution in [-0.2, 0) is 10.2 Å². The van der Waals surface area contributed by atoms with Crippen molar-refractivity contribution in [1.29, 1.82) is 0 Å². The van der Waals surface area contributed by atoms with Gasteiger partial charge < -0.3 is 9.26 Å². The lowest BCUT2D eigenvalue weighted by Crippen LogP contribution is -2.42. The Kier molecular flexibility index (Phi) is 4.33. The van der Waals surface area contributed by atoms with Crippen molar-refractivity contribution in [1.82, 2.24) is 14.4 Å². The summed E-state index contributed by atoms with van der Waals surface area (Å²) in [6.45, 7) is 0.692. The van der Waals surface area contributed by atoms with Crippen molar-refractivity contribution in [3.63, 3.8) is 0 Å². The summed E-state index contributed by atoms with van der Waals surface area (Å²) in [6, 6.07) is 7.30. The van der Waals surface area contributed by atoms with E-state index in [1.165, 1.54) is 4.31 Å². The molecule has 0 aliphatic carbocycles. The lowest BCUT2D eigenvalue weighted by atomic mass is 10.00. The molecule has 124 valence electrons. The number of nitrogens with two attached hydrogens (primary N) is 1. The van der Waals surface area contributed by atoms with Gasteiger partial charge in [-0.05, 0) is 37.1 Å². The summed E-state index contributed by atoms with van der Waals surface area (Å²) in [7, 11) is -2.09. The van der Waals surface area contributed by atoms with Crippen LogP contribution in [-0.4, -0.2) is 43.1 Å². The fourth-order valence-electron chi connectivity index (χ4n) is 2.63. The molecule has 0 bridgehead atoms. The van der Waals surface area contributed by atoms with Gasteiger partial charge in [-0.2, -0.15) is 17.7 Å². The zero-order chi connectivity index (χ0) is 16.4. The monoisotopic (exact) mass is 338 g/mol. The van der Waals surface area contributed by atoms with Crippen molar-refractivity contribution in [2.45, 2.75) is 18.8 Å². The van der Waals surface area contributed by atoms with E-state index >= 15 is 0 Å². The van der Waals surface area contributed by atoms with Crippen LogP contribution < -0.4 is 9.88 Å². The van der Waals surface area contributed by atoms with Gasteiger partial charge >= 0.3 is 0 Å². The fourth-order valence-corrected chi connectivity index (χ4v) is 3.40. The number of aromatic nitrogens is 2. The highest BCUT2D eigenvalue weighted by atomic mass is 32.2. The van der Waals surface area contributed by atoms with Crippen LogP contribution in [0.3, 0.4) is 0 Å². The van der Waals surface area contributed by atoms with Gasteiger partial charge in [-0.3, -0.25) is 0 Å². The molecule has 1 unspecified atom stereocenters. The van der Waals surface area contributed by atoms with Crippen LogP contribution >= 0.6 is 0 Å². The Morgan fingerprint density at radius 2 is 2.09 bits per heavy atom. The minimum absolute atomic E-state index is 0.137. The molecule has 1 saturated heterocycles. The largest absolute Gasteiger partial charge is 0.497 e. The average molecular weight is 338 g/mol. The van der Waals surface area contributed by atoms with Crippen molar-refractivity contribution < 1.29 is 17.7 Å². The van der Waals surface area contributed by atoms with Crippen molar-refractivity contribution in [2.75, 3.05) is 20.2 Å². The third-order valence-electron chi connectivity index (χ3n) is 3.88. The Labute approximate surface area is 134 Å². The maximum Gasteiger partial charge on any atom is 0.276 e. The van der Waals surface area contributed by atoms with E-state index in [2.05, 4.69) is 10.1 Å². The normalized spacial score (nSPS) is 19.7. The van der Waals surface area contributed by atoms with Gasteiger partial charge in [0, 0.05) is 18.7 Å². The SMILES string of the molecule is COc1ccc(-c2noc(C3CCCN(S(N)(=O)=O)C3)n2)cc1. The lowest BCUT2D eigenvalue weighted by molar-refractivity contribution is 0.266. The molecule has 2 aromatic rings. The molecule has 1 fully saturated rings. The van der Waals surface area contributed by atoms with Crippen LogP contribution in [0.25, 0.3) is 11.4 Å². The smallest absolute Gasteiger partial charge is 0.276 e. The molecule has 1 aromatic heterocycles. The van der Waals surface area contributed by atoms with Crippen LogP contribution in [0, 0.1) is 0 Å². The number of hydrogen-bond donors (Lipinski definition) is 1. The molecular weight excluding hydrogens is 320 g/mol. The van der Waals surface area contributed by atoms with Crippen LogP contribution in [0.5, 0.6) is 5.75 Å². The van der Waals surface area contributed by atoms with E-state index in [1.807, 2.05) is 24.3 Å². The summed E-state index contributed by atoms with van der Waals surface area (Å²) in [5.74, 6) is 1.51. The standard InChI is InChI=1S/C14H18N4O4S/c1-21-12-6-4-10(5-7-12)13-16-14(22-17-13)11-3-2-8-18(9-11)23(15,19)20/h4-7,11H,2-3,8-9H2,1H3,(H2,15,19,20). The van der Waals surface area contributed by atoms with Gasteiger partial charge in [-0.25, -0.2) is 5.14 Å². The first kappa shape index (κ1) is 15.9. The van der Waals surface area contributed by atoms with Gasteiger partial charge in [-0.15, -0.1) is 0 Å². The van der Waals surface area contributed by atoms with Crippen LogP contribution in [0.2, 0.25) is 0 Å². The third-order valence-corrected chi connectivity index (χ3v) is 4.93. The molecule has 0 saturated carbocycles. The van der Waals surface area contributed by atoms with E-state index in [0.717, 1.165) is 17.7 Å². The predicted molar refractivity (Wildman–Crippen MR) is 82.9 cm³/mol. The summed E-state index contributed by atoms with van der Waals surface area (Å²) in [5.41, 5.74) is 0.805. The lowest BCUT2D eigenvalue weighted by Gasteiger charge is -2.28. The molecule has 1 atom stereocenters. The first-order valence-electron chi connectivity index (χ1n) is 7.23. The van der Waals surface area contributed by atoms with Gasteiger partial charge in [0.15, 0.2) is 0 Å². The van der Waals surface area contributed by atoms with Crippen LogP contribution in [0.1, 0.15) is 24.7 Å². The number of piperidine rings is 1. The minimum Gasteiger partial charge on any atom is -0.497 e. The molecule has 0 spiro atoms. The number of nitrogens with zero attached hydrogens (tertiary/aromatic N) is 3. The molecule has 9 heteroatoms. The maximum absolute atomic E-state index is 11.5. The number of rotatable bonds is 4. The molecule has 1 aliphatic heterocycles. The summed E-state index contributed by atoms with van der Waals surface area (Å²) in [5, 5.41) is 9.17. The zero-order valence-electron chi connectivity index (χ0n) is 12.7. The third kappa shape index (κ3) is 3.52. The van der Waals surface area contributed by atoms with Gasteiger partial charge in [0.05, 0.1) is 13.0 Å². The highest BCUT2D eigenvalue weighted by Gasteiger charge is 2.30. The first-order valence-corrected chi connectivity index (χ1v) is 8.73. The molecule has 23 heavy (non-hydrogen) atoms. The van der Waals surface area contributed by atoms with E-state index in [9.17, 15) is 8.42 Å². The number of hydrogen-bond acceptors (Lipinski definition) is 6. The summed E-state index contributed by atoms with van der Waals surface area (Å²) >= 11 is 0. The van der Waals surface area contributed by atoms with Gasteiger partial charge in [-0.1, -0.05) is 5.16 Å². The van der Waals surface area contributed by atoms with Gasteiger partial charge in [0.1, 0.15) is 5.75 Å². The number of benzene rings is 1. The summed E-state index contributed by atoms with van der Waals surface area (Å²) < 4.78 is 34.6. The number of methoxy groups -OCH3 is 1. The Morgan fingerprint density at radius 3 is 2.74 bits per heavy atom. The molecule has 1 aliphatic rings. The maximum atomic E-state index is 11.5. The highest BCUT2D eigenvalue weighted by Crippen LogP contribution is 2.28. The Balaban J connectivity index is 1.78. The zero-order valence-corrected chi connectivity index (χ0v) is 13.5. The molecular formula is C14H18N4O4S. The van der Waals surface area contributed by atoms with E-state index < -0.39 is 10.2 Å². The summed E-state index contributed by atoms with van der Waals surface area (Å²) in [6.07, 6.45) is 1.50. The van der Waals surface area contributed by atoms with Crippen LogP contribution in [0.4, 0.5) is 0 Å². The highest BCUT2D eigenvalue weighted by molar-refractivity contribution is 7.86. The Hall–Kier alpha value is -1.97.